The minimum absolute atomic E-state index is 0.0859. The van der Waals surface area contributed by atoms with Crippen molar-refractivity contribution in [2.45, 2.75) is 32.2 Å². The topological polar surface area (TPSA) is 125 Å². The van der Waals surface area contributed by atoms with Crippen LogP contribution in [0, 0.1) is 11.8 Å². The summed E-state index contributed by atoms with van der Waals surface area (Å²) >= 11 is 0. The van der Waals surface area contributed by atoms with Crippen molar-refractivity contribution in [1.29, 1.82) is 0 Å². The number of benzene rings is 2. The van der Waals surface area contributed by atoms with Crippen molar-refractivity contribution < 1.29 is 4.79 Å². The number of nitrogen functional groups attached to an aromatic ring is 1. The molecule has 1 atom stereocenters. The molecule has 0 fully saturated rings. The number of nitrogens with two attached hydrogens (primary N) is 1. The normalized spacial score (nSPS) is 13.1. The van der Waals surface area contributed by atoms with E-state index in [-0.39, 0.29) is 16.9 Å². The lowest BCUT2D eigenvalue weighted by molar-refractivity contribution is 0.0941. The lowest BCUT2D eigenvalue weighted by Crippen LogP contribution is -2.34. The number of amides is 1. The molecule has 4 heterocycles. The number of aryl methyl sites for hydroxylation is 3. The van der Waals surface area contributed by atoms with Gasteiger partial charge in [-0.1, -0.05) is 36.1 Å². The van der Waals surface area contributed by atoms with E-state index in [1.165, 1.54) is 4.52 Å². The van der Waals surface area contributed by atoms with Gasteiger partial charge in [0.15, 0.2) is 11.5 Å². The van der Waals surface area contributed by atoms with Crippen LogP contribution in [-0.2, 0) is 19.9 Å². The summed E-state index contributed by atoms with van der Waals surface area (Å²) in [6.07, 6.45) is 9.37. The molecule has 1 amide bonds. The second-order valence-corrected chi connectivity index (χ2v) is 10.7. The largest absolute Gasteiger partial charge is 0.381 e. The highest BCUT2D eigenvalue weighted by Crippen LogP contribution is 2.35. The van der Waals surface area contributed by atoms with Crippen molar-refractivity contribution in [1.82, 2.24) is 34.3 Å². The van der Waals surface area contributed by atoms with Crippen LogP contribution in [0.15, 0.2) is 78.1 Å². The summed E-state index contributed by atoms with van der Waals surface area (Å²) in [5, 5.41) is 13.1. The van der Waals surface area contributed by atoms with Crippen molar-refractivity contribution in [3.05, 3.63) is 117 Å². The lowest BCUT2D eigenvalue weighted by Gasteiger charge is -2.28. The number of nitrogens with one attached hydrogen (secondary N) is 1. The van der Waals surface area contributed by atoms with Gasteiger partial charge >= 0.3 is 0 Å². The van der Waals surface area contributed by atoms with Crippen molar-refractivity contribution in [2.24, 2.45) is 7.05 Å². The molecular formula is C33H28N8O2. The van der Waals surface area contributed by atoms with Crippen LogP contribution >= 0.6 is 0 Å². The van der Waals surface area contributed by atoms with E-state index in [2.05, 4.69) is 38.4 Å². The minimum atomic E-state index is -0.547. The molecular weight excluding hydrogens is 540 g/mol. The zero-order chi connectivity index (χ0) is 29.7. The molecule has 0 saturated heterocycles. The predicted molar refractivity (Wildman–Crippen MR) is 164 cm³/mol. The van der Waals surface area contributed by atoms with Crippen LogP contribution in [0.4, 0.5) is 5.82 Å². The smallest absolute Gasteiger partial charge is 0.264 e. The Hall–Kier alpha value is -5.69. The number of aromatic nitrogens is 6. The van der Waals surface area contributed by atoms with Crippen LogP contribution in [-0.4, -0.2) is 34.9 Å². The molecule has 2 aromatic carbocycles. The first-order valence-corrected chi connectivity index (χ1v) is 14.1. The molecule has 0 aliphatic heterocycles. The van der Waals surface area contributed by atoms with Crippen molar-refractivity contribution in [2.75, 3.05) is 5.73 Å². The van der Waals surface area contributed by atoms with E-state index < -0.39 is 11.9 Å². The Bertz CT molecular complexity index is 2180. The Kier molecular flexibility index (Phi) is 6.28. The number of pyridine rings is 1. The molecule has 7 rings (SSSR count). The van der Waals surface area contributed by atoms with E-state index in [1.54, 1.807) is 33.9 Å². The van der Waals surface area contributed by atoms with Crippen LogP contribution in [0.1, 0.15) is 57.7 Å². The molecule has 1 aliphatic rings. The number of hydrogen-bond donors (Lipinski definition) is 2. The first-order chi connectivity index (χ1) is 20.9. The van der Waals surface area contributed by atoms with Gasteiger partial charge in [0.25, 0.3) is 11.5 Å². The zero-order valence-corrected chi connectivity index (χ0v) is 23.7. The van der Waals surface area contributed by atoms with E-state index in [4.69, 9.17) is 5.73 Å². The second kappa shape index (κ2) is 10.3. The van der Waals surface area contributed by atoms with Crippen LogP contribution in [0.25, 0.3) is 22.1 Å². The van der Waals surface area contributed by atoms with Gasteiger partial charge in [-0.2, -0.15) is 5.10 Å². The molecule has 0 saturated carbocycles. The molecule has 0 bridgehead atoms. The van der Waals surface area contributed by atoms with Gasteiger partial charge in [-0.05, 0) is 67.0 Å². The summed E-state index contributed by atoms with van der Waals surface area (Å²) in [7, 11) is 1.84. The third-order valence-electron chi connectivity index (χ3n) is 7.90. The molecule has 1 aliphatic carbocycles. The van der Waals surface area contributed by atoms with E-state index in [1.807, 2.05) is 56.6 Å². The average molecular weight is 569 g/mol. The number of nitrogens with zero attached hydrogens (tertiary/aromatic N) is 6. The second-order valence-electron chi connectivity index (χ2n) is 10.7. The summed E-state index contributed by atoms with van der Waals surface area (Å²) in [5.74, 6) is 6.09. The van der Waals surface area contributed by atoms with Gasteiger partial charge in [0.2, 0.25) is 0 Å². The maximum atomic E-state index is 14.6. The Morgan fingerprint density at radius 3 is 2.70 bits per heavy atom. The fourth-order valence-corrected chi connectivity index (χ4v) is 6.09. The number of carbonyl (C=O) groups is 1. The highest BCUT2D eigenvalue weighted by molar-refractivity contribution is 6.04. The lowest BCUT2D eigenvalue weighted by atomic mass is 9.85. The van der Waals surface area contributed by atoms with E-state index in [0.717, 1.165) is 47.0 Å². The average Bonchev–Trinajstić information content (AvgIpc) is 3.59. The molecule has 4 aromatic heterocycles. The number of fused-ring (bicyclic) bond motifs is 1. The van der Waals surface area contributed by atoms with Gasteiger partial charge < -0.3 is 11.1 Å². The summed E-state index contributed by atoms with van der Waals surface area (Å²) in [5.41, 5.74) is 11.5. The van der Waals surface area contributed by atoms with Gasteiger partial charge in [0, 0.05) is 36.9 Å². The fraction of sp³-hybridized carbons (Fsp3) is 0.182. The minimum Gasteiger partial charge on any atom is -0.381 e. The molecule has 0 spiro atoms. The summed E-state index contributed by atoms with van der Waals surface area (Å²) < 4.78 is 4.91. The zero-order valence-electron chi connectivity index (χ0n) is 23.7. The third kappa shape index (κ3) is 4.42. The Labute approximate surface area is 246 Å². The van der Waals surface area contributed by atoms with Gasteiger partial charge in [-0.3, -0.25) is 18.8 Å². The number of rotatable bonds is 4. The molecule has 0 unspecified atom stereocenters. The molecule has 43 heavy (non-hydrogen) atoms. The molecule has 10 heteroatoms. The van der Waals surface area contributed by atoms with Crippen LogP contribution in [0.5, 0.6) is 0 Å². The van der Waals surface area contributed by atoms with Crippen molar-refractivity contribution >= 4 is 28.1 Å². The van der Waals surface area contributed by atoms with Gasteiger partial charge in [0.05, 0.1) is 28.9 Å². The Morgan fingerprint density at radius 1 is 1.07 bits per heavy atom. The van der Waals surface area contributed by atoms with Crippen LogP contribution in [0.3, 0.4) is 0 Å². The van der Waals surface area contributed by atoms with Gasteiger partial charge in [0.1, 0.15) is 5.56 Å². The standard InChI is InChI=1S/C33H28N8O2/c1-20(37-32(42)28-30(34)38-40-17-7-16-35-31(28)40)29-25-11-6-8-22-14-15-23(13-12-21-18-36-39(2)19-21)27(26(22)25)33(43)41(29)24-9-4-3-5-10-24/h3-5,7,9-10,14-20H,6,8,11H2,1-2H3,(H2,34,38)(H,37,42)/t20-/m0/s1. The number of carbonyl (C=O) groups excluding carboxylic acids is 1. The maximum Gasteiger partial charge on any atom is 0.264 e. The first-order valence-electron chi connectivity index (χ1n) is 14.1. The van der Waals surface area contributed by atoms with E-state index in [9.17, 15) is 9.59 Å². The molecule has 10 nitrogen and oxygen atoms in total. The number of para-hydroxylation sites is 1. The fourth-order valence-electron chi connectivity index (χ4n) is 6.09. The van der Waals surface area contributed by atoms with Gasteiger partial charge in [-0.15, -0.1) is 5.10 Å². The number of hydrogen-bond acceptors (Lipinski definition) is 6. The van der Waals surface area contributed by atoms with Crippen LogP contribution < -0.4 is 16.6 Å². The highest BCUT2D eigenvalue weighted by atomic mass is 16.2. The molecule has 6 aromatic rings. The Morgan fingerprint density at radius 2 is 1.91 bits per heavy atom. The SMILES string of the molecule is C[C@H](NC(=O)c1c(N)nn2cccnc12)c1c2c3c(ccc(C#Cc4cnn(C)c4)c3c(=O)n1-c1ccccc1)CCC2. The maximum absolute atomic E-state index is 14.6. The predicted octanol–water partition coefficient (Wildman–Crippen LogP) is 3.73. The highest BCUT2D eigenvalue weighted by Gasteiger charge is 2.29. The van der Waals surface area contributed by atoms with Crippen molar-refractivity contribution in [3.8, 4) is 17.5 Å². The summed E-state index contributed by atoms with van der Waals surface area (Å²) in [6, 6.07) is 14.7. The molecule has 0 radical (unpaired) electrons. The Balaban J connectivity index is 1.44. The number of anilines is 1. The summed E-state index contributed by atoms with van der Waals surface area (Å²) in [4.78, 5) is 32.6. The van der Waals surface area contributed by atoms with E-state index in [0.29, 0.717) is 22.3 Å². The monoisotopic (exact) mass is 568 g/mol. The molecule has 3 N–H and O–H groups in total. The van der Waals surface area contributed by atoms with Gasteiger partial charge in [-0.25, -0.2) is 9.50 Å². The van der Waals surface area contributed by atoms with E-state index >= 15 is 0 Å². The van der Waals surface area contributed by atoms with Crippen molar-refractivity contribution in [3.63, 3.8) is 0 Å². The quantitative estimate of drug-likeness (QED) is 0.312. The summed E-state index contributed by atoms with van der Waals surface area (Å²) in [6.45, 7) is 1.89. The van der Waals surface area contributed by atoms with Crippen LogP contribution in [0.2, 0.25) is 0 Å². The first kappa shape index (κ1) is 26.2. The molecule has 212 valence electrons. The third-order valence-corrected chi connectivity index (χ3v) is 7.90.